The van der Waals surface area contributed by atoms with Crippen LogP contribution in [0.5, 0.6) is 0 Å². The molecule has 8 heteroatoms. The molecule has 26 heavy (non-hydrogen) atoms. The number of sulfonamides is 1. The van der Waals surface area contributed by atoms with Gasteiger partial charge in [-0.3, -0.25) is 5.10 Å². The van der Waals surface area contributed by atoms with E-state index in [0.29, 0.717) is 10.6 Å². The van der Waals surface area contributed by atoms with E-state index in [2.05, 4.69) is 20.1 Å². The molecule has 1 aromatic heterocycles. The summed E-state index contributed by atoms with van der Waals surface area (Å²) in [6, 6.07) is 13.9. The molecule has 0 aliphatic rings. The highest BCUT2D eigenvalue weighted by atomic mass is 35.5. The first-order valence-corrected chi connectivity index (χ1v) is 9.79. The fraction of sp³-hybridized carbons (Fsp3) is 0.111. The van der Waals surface area contributed by atoms with E-state index in [4.69, 9.17) is 11.6 Å². The summed E-state index contributed by atoms with van der Waals surface area (Å²) in [6.45, 7) is 2.01. The fourth-order valence-electron chi connectivity index (χ4n) is 2.36. The number of benzene rings is 2. The molecular weight excluding hydrogens is 372 g/mol. The van der Waals surface area contributed by atoms with Gasteiger partial charge in [0.05, 0.1) is 23.0 Å². The summed E-state index contributed by atoms with van der Waals surface area (Å²) in [4.78, 5) is 2.38. The molecular formula is C18H17ClN4O2S. The van der Waals surface area contributed by atoms with E-state index < -0.39 is 10.0 Å². The van der Waals surface area contributed by atoms with E-state index in [1.54, 1.807) is 42.6 Å². The Labute approximate surface area is 157 Å². The predicted octanol–water partition coefficient (Wildman–Crippen LogP) is 3.60. The van der Waals surface area contributed by atoms with Gasteiger partial charge >= 0.3 is 0 Å². The first-order valence-electron chi connectivity index (χ1n) is 7.92. The Balaban J connectivity index is 1.76. The van der Waals surface area contributed by atoms with E-state index in [1.165, 1.54) is 6.21 Å². The summed E-state index contributed by atoms with van der Waals surface area (Å²) in [6.07, 6.45) is 3.82. The van der Waals surface area contributed by atoms with Crippen LogP contribution in [0.15, 0.2) is 64.7 Å². The molecule has 0 unspecified atom stereocenters. The summed E-state index contributed by atoms with van der Waals surface area (Å²) >= 11 is 5.90. The van der Waals surface area contributed by atoms with Crippen LogP contribution in [0.4, 0.5) is 0 Å². The van der Waals surface area contributed by atoms with Crippen molar-refractivity contribution in [3.05, 3.63) is 70.9 Å². The van der Waals surface area contributed by atoms with Crippen LogP contribution >= 0.6 is 11.6 Å². The van der Waals surface area contributed by atoms with Crippen LogP contribution in [0.25, 0.3) is 11.3 Å². The molecule has 0 atom stereocenters. The monoisotopic (exact) mass is 388 g/mol. The second kappa shape index (κ2) is 7.72. The number of hydrogen-bond donors (Lipinski definition) is 2. The second-order valence-electron chi connectivity index (χ2n) is 5.56. The van der Waals surface area contributed by atoms with Crippen molar-refractivity contribution in [2.45, 2.75) is 18.2 Å². The van der Waals surface area contributed by atoms with E-state index in [1.807, 2.05) is 19.1 Å². The van der Waals surface area contributed by atoms with E-state index >= 15 is 0 Å². The first kappa shape index (κ1) is 18.2. The number of aromatic nitrogens is 2. The van der Waals surface area contributed by atoms with Gasteiger partial charge in [-0.15, -0.1) is 0 Å². The average Bonchev–Trinajstić information content (AvgIpc) is 3.11. The third kappa shape index (κ3) is 4.12. The zero-order valence-electron chi connectivity index (χ0n) is 14.0. The number of aryl methyl sites for hydroxylation is 1. The first-order chi connectivity index (χ1) is 12.5. The van der Waals surface area contributed by atoms with Gasteiger partial charge < -0.3 is 0 Å². The number of nitrogens with one attached hydrogen (secondary N) is 2. The highest BCUT2D eigenvalue weighted by molar-refractivity contribution is 7.89. The average molecular weight is 389 g/mol. The van der Waals surface area contributed by atoms with Crippen molar-refractivity contribution in [3.8, 4) is 11.3 Å². The lowest BCUT2D eigenvalue weighted by Gasteiger charge is -2.04. The predicted molar refractivity (Wildman–Crippen MR) is 103 cm³/mol. The number of nitrogens with zero attached hydrogens (tertiary/aromatic N) is 2. The van der Waals surface area contributed by atoms with Crippen molar-refractivity contribution in [2.75, 3.05) is 0 Å². The lowest BCUT2D eigenvalue weighted by Crippen LogP contribution is -2.18. The molecule has 0 aliphatic heterocycles. The maximum Gasteiger partial charge on any atom is 0.276 e. The number of halogens is 1. The molecule has 3 aromatic rings. The van der Waals surface area contributed by atoms with Gasteiger partial charge in [0.2, 0.25) is 0 Å². The zero-order chi connectivity index (χ0) is 18.6. The molecule has 0 radical (unpaired) electrons. The van der Waals surface area contributed by atoms with Gasteiger partial charge in [-0.05, 0) is 36.2 Å². The van der Waals surface area contributed by atoms with Gasteiger partial charge in [0.15, 0.2) is 0 Å². The van der Waals surface area contributed by atoms with E-state index in [0.717, 1.165) is 23.2 Å². The molecule has 0 aliphatic carbocycles. The molecule has 3 rings (SSSR count). The van der Waals surface area contributed by atoms with Gasteiger partial charge in [-0.2, -0.15) is 18.6 Å². The lowest BCUT2D eigenvalue weighted by atomic mass is 10.1. The van der Waals surface area contributed by atoms with E-state index in [9.17, 15) is 8.42 Å². The largest absolute Gasteiger partial charge is 0.277 e. The van der Waals surface area contributed by atoms with Crippen LogP contribution in [0, 0.1) is 0 Å². The Kier molecular flexibility index (Phi) is 5.39. The van der Waals surface area contributed by atoms with Crippen LogP contribution in [0.2, 0.25) is 5.02 Å². The Morgan fingerprint density at radius 1 is 1.15 bits per heavy atom. The highest BCUT2D eigenvalue weighted by Crippen LogP contribution is 2.21. The lowest BCUT2D eigenvalue weighted by molar-refractivity contribution is 0.584. The number of hydrazone groups is 1. The summed E-state index contributed by atoms with van der Waals surface area (Å²) in [7, 11) is -3.72. The van der Waals surface area contributed by atoms with Gasteiger partial charge in [-0.1, -0.05) is 42.8 Å². The Morgan fingerprint density at radius 2 is 1.85 bits per heavy atom. The van der Waals surface area contributed by atoms with Crippen molar-refractivity contribution in [3.63, 3.8) is 0 Å². The number of hydrogen-bond acceptors (Lipinski definition) is 4. The molecule has 134 valence electrons. The number of aromatic amines is 1. The van der Waals surface area contributed by atoms with E-state index in [-0.39, 0.29) is 4.90 Å². The Morgan fingerprint density at radius 3 is 2.50 bits per heavy atom. The molecule has 0 amide bonds. The van der Waals surface area contributed by atoms with Gasteiger partial charge in [0.25, 0.3) is 10.0 Å². The zero-order valence-corrected chi connectivity index (χ0v) is 15.6. The standard InChI is InChI=1S/C18H17ClN4O2S/c1-2-13-3-9-17(10-4-13)26(24,25)23-21-12-15-11-20-22-18(15)14-5-7-16(19)8-6-14/h3-12,23H,2H2,1H3,(H,20,22). The van der Waals surface area contributed by atoms with Crippen LogP contribution in [0.1, 0.15) is 18.1 Å². The van der Waals surface area contributed by atoms with Crippen LogP contribution in [-0.4, -0.2) is 24.8 Å². The molecule has 0 saturated heterocycles. The van der Waals surface area contributed by atoms with Crippen LogP contribution in [0.3, 0.4) is 0 Å². The summed E-state index contributed by atoms with van der Waals surface area (Å²) in [5.74, 6) is 0. The smallest absolute Gasteiger partial charge is 0.276 e. The molecule has 6 nitrogen and oxygen atoms in total. The molecule has 2 aromatic carbocycles. The van der Waals surface area contributed by atoms with Crippen molar-refractivity contribution < 1.29 is 8.42 Å². The molecule has 1 heterocycles. The molecule has 2 N–H and O–H groups in total. The minimum Gasteiger partial charge on any atom is -0.277 e. The summed E-state index contributed by atoms with van der Waals surface area (Å²) in [5.41, 5.74) is 3.30. The van der Waals surface area contributed by atoms with Crippen molar-refractivity contribution >= 4 is 27.8 Å². The quantitative estimate of drug-likeness (QED) is 0.499. The second-order valence-corrected chi connectivity index (χ2v) is 7.65. The Hall–Kier alpha value is -2.64. The maximum absolute atomic E-state index is 12.3. The topological polar surface area (TPSA) is 87.2 Å². The highest BCUT2D eigenvalue weighted by Gasteiger charge is 2.12. The number of H-pyrrole nitrogens is 1. The van der Waals surface area contributed by atoms with Crippen molar-refractivity contribution in [1.29, 1.82) is 0 Å². The third-order valence-electron chi connectivity index (χ3n) is 3.82. The SMILES string of the molecule is CCc1ccc(S(=O)(=O)NN=Cc2cn[nH]c2-c2ccc(Cl)cc2)cc1. The van der Waals surface area contributed by atoms with Crippen molar-refractivity contribution in [2.24, 2.45) is 5.10 Å². The fourth-order valence-corrected chi connectivity index (χ4v) is 3.28. The molecule has 0 spiro atoms. The number of rotatable bonds is 6. The van der Waals surface area contributed by atoms with Crippen LogP contribution < -0.4 is 4.83 Å². The molecule has 0 fully saturated rings. The van der Waals surface area contributed by atoms with Gasteiger partial charge in [-0.25, -0.2) is 4.83 Å². The summed E-state index contributed by atoms with van der Waals surface area (Å²) in [5, 5.41) is 11.3. The minimum absolute atomic E-state index is 0.164. The molecule has 0 bridgehead atoms. The van der Waals surface area contributed by atoms with Gasteiger partial charge in [0, 0.05) is 16.1 Å². The van der Waals surface area contributed by atoms with Crippen LogP contribution in [-0.2, 0) is 16.4 Å². The maximum atomic E-state index is 12.3. The normalized spacial score (nSPS) is 11.8. The minimum atomic E-state index is -3.72. The van der Waals surface area contributed by atoms with Crippen molar-refractivity contribution in [1.82, 2.24) is 15.0 Å². The molecule has 0 saturated carbocycles. The van der Waals surface area contributed by atoms with Gasteiger partial charge in [0.1, 0.15) is 0 Å². The Bertz CT molecular complexity index is 1010. The third-order valence-corrected chi connectivity index (χ3v) is 5.31. The summed E-state index contributed by atoms with van der Waals surface area (Å²) < 4.78 is 24.6.